The highest BCUT2D eigenvalue weighted by atomic mass is 14.2. The lowest BCUT2D eigenvalue weighted by atomic mass is 9.88. The van der Waals surface area contributed by atoms with E-state index in [4.69, 9.17) is 0 Å². The van der Waals surface area contributed by atoms with Crippen molar-refractivity contribution in [3.05, 3.63) is 23.3 Å². The third kappa shape index (κ3) is 3.38. The number of hydrogen-bond donors (Lipinski definition) is 0. The predicted molar refractivity (Wildman–Crippen MR) is 59.7 cm³/mol. The smallest absolute Gasteiger partial charge is 0.0257 e. The van der Waals surface area contributed by atoms with Crippen LogP contribution in [0.15, 0.2) is 23.3 Å². The third-order valence-electron chi connectivity index (χ3n) is 2.68. The molecule has 0 saturated heterocycles. The Hall–Kier alpha value is -0.520. The molecule has 0 heteroatoms. The van der Waals surface area contributed by atoms with Crippen LogP contribution in [-0.4, -0.2) is 0 Å². The highest BCUT2D eigenvalue weighted by Gasteiger charge is 2.09. The minimum absolute atomic E-state index is 0.733. The van der Waals surface area contributed by atoms with Gasteiger partial charge in [-0.05, 0) is 31.1 Å². The Labute approximate surface area is 82.7 Å². The summed E-state index contributed by atoms with van der Waals surface area (Å²) in [7, 11) is 0. The van der Waals surface area contributed by atoms with Gasteiger partial charge in [-0.15, -0.1) is 0 Å². The second kappa shape index (κ2) is 4.64. The molecule has 0 radical (unpaired) electrons. The van der Waals surface area contributed by atoms with Crippen LogP contribution in [0.2, 0.25) is 0 Å². The van der Waals surface area contributed by atoms with Crippen molar-refractivity contribution in [1.29, 1.82) is 0 Å². The normalized spacial score (nSPS) is 17.7. The maximum absolute atomic E-state index is 2.35. The van der Waals surface area contributed by atoms with Gasteiger partial charge in [0.25, 0.3) is 0 Å². The summed E-state index contributed by atoms with van der Waals surface area (Å²) in [6.07, 6.45) is 8.55. The zero-order valence-electron chi connectivity index (χ0n) is 9.43. The second-order valence-corrected chi connectivity index (χ2v) is 4.82. The van der Waals surface area contributed by atoms with Crippen molar-refractivity contribution in [1.82, 2.24) is 0 Å². The average Bonchev–Trinajstić information content (AvgIpc) is 2.04. The van der Waals surface area contributed by atoms with Crippen molar-refractivity contribution in [2.24, 2.45) is 11.8 Å². The van der Waals surface area contributed by atoms with Gasteiger partial charge < -0.3 is 0 Å². The van der Waals surface area contributed by atoms with Crippen molar-refractivity contribution < 1.29 is 0 Å². The van der Waals surface area contributed by atoms with E-state index in [1.54, 1.807) is 11.1 Å². The zero-order valence-corrected chi connectivity index (χ0v) is 9.43. The van der Waals surface area contributed by atoms with Crippen LogP contribution >= 0.6 is 0 Å². The molecule has 0 heterocycles. The summed E-state index contributed by atoms with van der Waals surface area (Å²) in [6.45, 7) is 9.16. The Morgan fingerprint density at radius 1 is 1.08 bits per heavy atom. The van der Waals surface area contributed by atoms with Gasteiger partial charge in [0.2, 0.25) is 0 Å². The van der Waals surface area contributed by atoms with Crippen molar-refractivity contribution in [2.75, 3.05) is 0 Å². The quantitative estimate of drug-likeness (QED) is 0.603. The molecule has 0 nitrogen and oxygen atoms in total. The standard InChI is InChI=1S/C13H22/c1-10(2)9-12-5-7-13(8-6-12)11(3)4/h5,7,10-11H,6,8-9H2,1-4H3. The summed E-state index contributed by atoms with van der Waals surface area (Å²) in [5.41, 5.74) is 3.26. The van der Waals surface area contributed by atoms with Crippen LogP contribution < -0.4 is 0 Å². The molecule has 0 aromatic heterocycles. The molecule has 0 unspecified atom stereocenters. The Kier molecular flexibility index (Phi) is 3.77. The molecule has 0 fully saturated rings. The molecule has 0 spiro atoms. The molecule has 0 N–H and O–H groups in total. The highest BCUT2D eigenvalue weighted by molar-refractivity contribution is 5.25. The molecular weight excluding hydrogens is 156 g/mol. The van der Waals surface area contributed by atoms with Gasteiger partial charge in [0.15, 0.2) is 0 Å². The summed E-state index contributed by atoms with van der Waals surface area (Å²) in [6, 6.07) is 0. The Morgan fingerprint density at radius 2 is 1.77 bits per heavy atom. The maximum Gasteiger partial charge on any atom is -0.0257 e. The van der Waals surface area contributed by atoms with Crippen LogP contribution in [0.5, 0.6) is 0 Å². The van der Waals surface area contributed by atoms with Gasteiger partial charge >= 0.3 is 0 Å². The minimum Gasteiger partial charge on any atom is -0.0696 e. The van der Waals surface area contributed by atoms with Crippen molar-refractivity contribution >= 4 is 0 Å². The summed E-state index contributed by atoms with van der Waals surface area (Å²) < 4.78 is 0. The van der Waals surface area contributed by atoms with Gasteiger partial charge in [-0.25, -0.2) is 0 Å². The first kappa shape index (κ1) is 10.6. The first-order chi connectivity index (χ1) is 6.09. The van der Waals surface area contributed by atoms with Gasteiger partial charge in [0.05, 0.1) is 0 Å². The molecule has 1 rings (SSSR count). The zero-order chi connectivity index (χ0) is 9.84. The second-order valence-electron chi connectivity index (χ2n) is 4.82. The Morgan fingerprint density at radius 3 is 2.15 bits per heavy atom. The van der Waals surface area contributed by atoms with E-state index in [0.29, 0.717) is 0 Å². The van der Waals surface area contributed by atoms with Crippen LogP contribution in [0.4, 0.5) is 0 Å². The van der Waals surface area contributed by atoms with Gasteiger partial charge in [-0.1, -0.05) is 51.0 Å². The summed E-state index contributed by atoms with van der Waals surface area (Å²) in [5, 5.41) is 0. The fourth-order valence-electron chi connectivity index (χ4n) is 1.87. The van der Waals surface area contributed by atoms with Gasteiger partial charge in [0, 0.05) is 0 Å². The maximum atomic E-state index is 2.35. The fraction of sp³-hybridized carbons (Fsp3) is 0.692. The Bertz CT molecular complexity index is 216. The molecule has 0 atom stereocenters. The first-order valence-electron chi connectivity index (χ1n) is 5.48. The topological polar surface area (TPSA) is 0 Å². The van der Waals surface area contributed by atoms with Crippen molar-refractivity contribution in [3.63, 3.8) is 0 Å². The summed E-state index contributed by atoms with van der Waals surface area (Å²) in [5.74, 6) is 1.54. The molecule has 0 aromatic carbocycles. The minimum atomic E-state index is 0.733. The van der Waals surface area contributed by atoms with Crippen LogP contribution in [0.3, 0.4) is 0 Å². The lowest BCUT2D eigenvalue weighted by Gasteiger charge is -2.18. The van der Waals surface area contributed by atoms with E-state index in [-0.39, 0.29) is 0 Å². The number of rotatable bonds is 3. The third-order valence-corrected chi connectivity index (χ3v) is 2.68. The molecular formula is C13H22. The molecule has 13 heavy (non-hydrogen) atoms. The van der Waals surface area contributed by atoms with Crippen LogP contribution in [0.25, 0.3) is 0 Å². The Balaban J connectivity index is 2.54. The molecule has 1 aliphatic carbocycles. The number of hydrogen-bond acceptors (Lipinski definition) is 0. The van der Waals surface area contributed by atoms with E-state index in [1.165, 1.54) is 19.3 Å². The van der Waals surface area contributed by atoms with E-state index < -0.39 is 0 Å². The van der Waals surface area contributed by atoms with Crippen molar-refractivity contribution in [3.8, 4) is 0 Å². The SMILES string of the molecule is CC(C)CC1=CC=C(C(C)C)CC1. The van der Waals surface area contributed by atoms with Gasteiger partial charge in [-0.3, -0.25) is 0 Å². The van der Waals surface area contributed by atoms with Crippen molar-refractivity contribution in [2.45, 2.75) is 47.0 Å². The first-order valence-corrected chi connectivity index (χ1v) is 5.48. The summed E-state index contributed by atoms with van der Waals surface area (Å²) >= 11 is 0. The van der Waals surface area contributed by atoms with E-state index in [0.717, 1.165) is 11.8 Å². The molecule has 0 bridgehead atoms. The number of allylic oxidation sites excluding steroid dienone is 4. The van der Waals surface area contributed by atoms with E-state index >= 15 is 0 Å². The lowest BCUT2D eigenvalue weighted by molar-refractivity contribution is 0.609. The molecule has 0 aromatic rings. The molecule has 0 aliphatic heterocycles. The predicted octanol–water partition coefficient (Wildman–Crippen LogP) is 4.34. The van der Waals surface area contributed by atoms with Crippen LogP contribution in [0, 0.1) is 11.8 Å². The van der Waals surface area contributed by atoms with E-state index in [9.17, 15) is 0 Å². The van der Waals surface area contributed by atoms with E-state index in [1.807, 2.05) is 0 Å². The monoisotopic (exact) mass is 178 g/mol. The van der Waals surface area contributed by atoms with Crippen LogP contribution in [-0.2, 0) is 0 Å². The average molecular weight is 178 g/mol. The molecule has 0 amide bonds. The van der Waals surface area contributed by atoms with Gasteiger partial charge in [0.1, 0.15) is 0 Å². The van der Waals surface area contributed by atoms with E-state index in [2.05, 4.69) is 39.8 Å². The molecule has 0 saturated carbocycles. The molecule has 1 aliphatic rings. The summed E-state index contributed by atoms with van der Waals surface area (Å²) in [4.78, 5) is 0. The largest absolute Gasteiger partial charge is 0.0696 e. The highest BCUT2D eigenvalue weighted by Crippen LogP contribution is 2.27. The molecule has 74 valence electrons. The lowest BCUT2D eigenvalue weighted by Crippen LogP contribution is -2.01. The van der Waals surface area contributed by atoms with Crippen LogP contribution in [0.1, 0.15) is 47.0 Å². The fourth-order valence-corrected chi connectivity index (χ4v) is 1.87. The van der Waals surface area contributed by atoms with Gasteiger partial charge in [-0.2, -0.15) is 0 Å².